The zero-order valence-corrected chi connectivity index (χ0v) is 25.3. The summed E-state index contributed by atoms with van der Waals surface area (Å²) < 4.78 is 6.38. The molecular weight excluding hydrogens is 562 g/mol. The summed E-state index contributed by atoms with van der Waals surface area (Å²) >= 11 is 0. The van der Waals surface area contributed by atoms with E-state index in [1.165, 1.54) is 27.6 Å². The van der Waals surface area contributed by atoms with Crippen molar-refractivity contribution >= 4 is 38.8 Å². The lowest BCUT2D eigenvalue weighted by Gasteiger charge is -2.20. The molecule has 1 aliphatic rings. The van der Waals surface area contributed by atoms with Gasteiger partial charge in [0.05, 0.1) is 0 Å². The van der Waals surface area contributed by atoms with E-state index in [1.807, 2.05) is 36.4 Å². The van der Waals surface area contributed by atoms with E-state index in [0.717, 1.165) is 50.4 Å². The monoisotopic (exact) mass is 591 g/mol. The van der Waals surface area contributed by atoms with Gasteiger partial charge in [-0.2, -0.15) is 0 Å². The van der Waals surface area contributed by atoms with Crippen LogP contribution in [0.4, 0.5) is 0 Å². The Morgan fingerprint density at radius 3 is 1.96 bits per heavy atom. The van der Waals surface area contributed by atoms with Crippen molar-refractivity contribution in [1.82, 2.24) is 15.0 Å². The van der Waals surface area contributed by atoms with Crippen LogP contribution in [0.2, 0.25) is 0 Å². The number of fused-ring (bicyclic) bond motifs is 5. The third kappa shape index (κ3) is 4.50. The van der Waals surface area contributed by atoms with E-state index in [0.29, 0.717) is 23.4 Å². The number of benzene rings is 6. The van der Waals surface area contributed by atoms with Crippen LogP contribution in [0.5, 0.6) is 0 Å². The molecule has 8 aromatic rings. The Balaban J connectivity index is 1.15. The minimum Gasteiger partial charge on any atom is -0.456 e. The third-order valence-corrected chi connectivity index (χ3v) is 9.16. The lowest BCUT2D eigenvalue weighted by Crippen LogP contribution is -2.01. The molecule has 0 saturated carbocycles. The number of hydrogen-bond acceptors (Lipinski definition) is 4. The first-order valence-corrected chi connectivity index (χ1v) is 15.8. The highest BCUT2D eigenvalue weighted by atomic mass is 16.3. The van der Waals surface area contributed by atoms with Gasteiger partial charge in [-0.1, -0.05) is 122 Å². The Bertz CT molecular complexity index is 2460. The first-order chi connectivity index (χ1) is 22.7. The normalized spacial score (nSPS) is 14.2. The van der Waals surface area contributed by atoms with Gasteiger partial charge in [0.15, 0.2) is 17.5 Å². The van der Waals surface area contributed by atoms with Gasteiger partial charge in [-0.05, 0) is 69.6 Å². The second-order valence-corrected chi connectivity index (χ2v) is 12.1. The van der Waals surface area contributed by atoms with Crippen molar-refractivity contribution in [1.29, 1.82) is 0 Å². The van der Waals surface area contributed by atoms with Crippen molar-refractivity contribution in [2.24, 2.45) is 0 Å². The van der Waals surface area contributed by atoms with Crippen LogP contribution in [-0.4, -0.2) is 15.0 Å². The Kier molecular flexibility index (Phi) is 6.13. The number of nitrogens with zero attached hydrogens (tertiary/aromatic N) is 3. The molecule has 0 radical (unpaired) electrons. The predicted octanol–water partition coefficient (Wildman–Crippen LogP) is 11.1. The number of furan rings is 1. The number of allylic oxidation sites excluding steroid dienone is 1. The van der Waals surface area contributed by atoms with Crippen LogP contribution in [-0.2, 0) is 0 Å². The third-order valence-electron chi connectivity index (χ3n) is 9.16. The van der Waals surface area contributed by atoms with E-state index in [4.69, 9.17) is 19.4 Å². The topological polar surface area (TPSA) is 51.8 Å². The van der Waals surface area contributed by atoms with Crippen molar-refractivity contribution in [3.63, 3.8) is 0 Å². The highest BCUT2D eigenvalue weighted by Crippen LogP contribution is 2.37. The van der Waals surface area contributed by atoms with Gasteiger partial charge in [-0.3, -0.25) is 0 Å². The molecule has 2 aromatic heterocycles. The molecule has 1 atom stereocenters. The first-order valence-electron chi connectivity index (χ1n) is 15.8. The van der Waals surface area contributed by atoms with Crippen LogP contribution in [0.1, 0.15) is 30.4 Å². The van der Waals surface area contributed by atoms with Gasteiger partial charge in [0.2, 0.25) is 0 Å². The zero-order valence-electron chi connectivity index (χ0n) is 25.3. The maximum absolute atomic E-state index is 6.38. The van der Waals surface area contributed by atoms with Crippen LogP contribution in [0, 0.1) is 0 Å². The molecule has 0 fully saturated rings. The zero-order chi connectivity index (χ0) is 30.6. The van der Waals surface area contributed by atoms with Gasteiger partial charge >= 0.3 is 0 Å². The minimum atomic E-state index is 0.526. The highest BCUT2D eigenvalue weighted by molar-refractivity contribution is 6.10. The Hall–Kier alpha value is -5.87. The van der Waals surface area contributed by atoms with Gasteiger partial charge in [0.25, 0.3) is 0 Å². The van der Waals surface area contributed by atoms with Crippen LogP contribution >= 0.6 is 0 Å². The molecular formula is C42H29N3O. The summed E-state index contributed by atoms with van der Waals surface area (Å²) in [6, 6.07) is 44.2. The molecule has 46 heavy (non-hydrogen) atoms. The molecule has 9 rings (SSSR count). The fourth-order valence-electron chi connectivity index (χ4n) is 6.72. The average molecular weight is 592 g/mol. The average Bonchev–Trinajstić information content (AvgIpc) is 3.47. The van der Waals surface area contributed by atoms with E-state index in [9.17, 15) is 0 Å². The molecule has 2 heterocycles. The quantitative estimate of drug-likeness (QED) is 0.204. The van der Waals surface area contributed by atoms with Gasteiger partial charge in [0, 0.05) is 27.5 Å². The van der Waals surface area contributed by atoms with Gasteiger partial charge in [-0.25, -0.2) is 15.0 Å². The van der Waals surface area contributed by atoms with Crippen LogP contribution in [0.15, 0.2) is 138 Å². The van der Waals surface area contributed by atoms with Crippen molar-refractivity contribution in [3.8, 4) is 45.3 Å². The van der Waals surface area contributed by atoms with Crippen molar-refractivity contribution in [3.05, 3.63) is 145 Å². The molecule has 0 N–H and O–H groups in total. The molecule has 4 nitrogen and oxygen atoms in total. The van der Waals surface area contributed by atoms with Gasteiger partial charge in [0.1, 0.15) is 11.2 Å². The van der Waals surface area contributed by atoms with Crippen molar-refractivity contribution in [2.45, 2.75) is 19.3 Å². The van der Waals surface area contributed by atoms with E-state index in [1.54, 1.807) is 0 Å². The smallest absolute Gasteiger partial charge is 0.164 e. The Morgan fingerprint density at radius 2 is 1.17 bits per heavy atom. The molecule has 6 aromatic carbocycles. The number of hydrogen-bond donors (Lipinski definition) is 0. The number of aromatic nitrogens is 3. The lowest BCUT2D eigenvalue weighted by molar-refractivity contribution is 0.669. The second kappa shape index (κ2) is 10.6. The van der Waals surface area contributed by atoms with Crippen LogP contribution < -0.4 is 0 Å². The second-order valence-electron chi connectivity index (χ2n) is 12.1. The summed E-state index contributed by atoms with van der Waals surface area (Å²) in [4.78, 5) is 14.9. The minimum absolute atomic E-state index is 0.526. The van der Waals surface area contributed by atoms with E-state index < -0.39 is 0 Å². The maximum atomic E-state index is 6.38. The van der Waals surface area contributed by atoms with Gasteiger partial charge < -0.3 is 4.42 Å². The summed E-state index contributed by atoms with van der Waals surface area (Å²) in [7, 11) is 0. The van der Waals surface area contributed by atoms with E-state index in [-0.39, 0.29) is 0 Å². The molecule has 0 aliphatic heterocycles. The predicted molar refractivity (Wildman–Crippen MR) is 188 cm³/mol. The van der Waals surface area contributed by atoms with Crippen LogP contribution in [0.25, 0.3) is 84.1 Å². The molecule has 1 unspecified atom stereocenters. The molecule has 0 saturated heterocycles. The maximum Gasteiger partial charge on any atom is 0.164 e. The van der Waals surface area contributed by atoms with E-state index >= 15 is 0 Å². The lowest BCUT2D eigenvalue weighted by atomic mass is 9.84. The molecule has 0 spiro atoms. The standard InChI is InChI=1S/C42H29N3O/c1-26-9-7-16-35-33(26)14-8-15-34(35)27-17-19-29(20-18-27)41-43-40(28-10-3-2-4-11-28)44-42(45-41)32-21-22-36-37-23-30-12-5-6-13-31(30)24-39(37)46-38(36)25-32/h2-8,10-26H,9H2,1H3. The largest absolute Gasteiger partial charge is 0.456 e. The first kappa shape index (κ1) is 26.5. The van der Waals surface area contributed by atoms with Crippen molar-refractivity contribution in [2.75, 3.05) is 0 Å². The number of rotatable bonds is 4. The molecule has 4 heteroatoms. The fraction of sp³-hybridized carbons (Fsp3) is 0.0714. The SMILES string of the molecule is CC1CC=Cc2c(-c3ccc(-c4nc(-c5ccccc5)nc(-c5ccc6c(c5)oc5cc7ccccc7cc56)n4)cc3)cccc21. The highest BCUT2D eigenvalue weighted by Gasteiger charge is 2.18. The molecule has 218 valence electrons. The summed E-state index contributed by atoms with van der Waals surface area (Å²) in [5, 5.41) is 4.53. The van der Waals surface area contributed by atoms with E-state index in [2.05, 4.69) is 110 Å². The molecule has 0 amide bonds. The summed E-state index contributed by atoms with van der Waals surface area (Å²) in [5.41, 5.74) is 9.60. The van der Waals surface area contributed by atoms with Gasteiger partial charge in [-0.15, -0.1) is 0 Å². The Morgan fingerprint density at radius 1 is 0.543 bits per heavy atom. The fourth-order valence-corrected chi connectivity index (χ4v) is 6.72. The van der Waals surface area contributed by atoms with Crippen LogP contribution in [0.3, 0.4) is 0 Å². The summed E-state index contributed by atoms with van der Waals surface area (Å²) in [6.07, 6.45) is 5.64. The summed E-state index contributed by atoms with van der Waals surface area (Å²) in [5.74, 6) is 2.40. The molecule has 0 bridgehead atoms. The van der Waals surface area contributed by atoms with Crippen molar-refractivity contribution < 1.29 is 4.42 Å². The summed E-state index contributed by atoms with van der Waals surface area (Å²) in [6.45, 7) is 2.30. The Labute approximate surface area is 266 Å². The molecule has 1 aliphatic carbocycles.